The molecule has 0 aliphatic carbocycles. The van der Waals surface area contributed by atoms with E-state index in [1.165, 1.54) is 116 Å². The quantitative estimate of drug-likeness (QED) is 0.132. The largest absolute Gasteiger partial charge is 0.481 e. The summed E-state index contributed by atoms with van der Waals surface area (Å²) in [6.07, 6.45) is 30.8. The van der Waals surface area contributed by atoms with Gasteiger partial charge in [0.15, 0.2) is 0 Å². The van der Waals surface area contributed by atoms with Crippen LogP contribution in [-0.4, -0.2) is 22.3 Å². The van der Waals surface area contributed by atoms with E-state index < -0.39 is 5.97 Å². The van der Waals surface area contributed by atoms with Crippen LogP contribution in [0.1, 0.15) is 167 Å². The maximum atomic E-state index is 10.4. The fourth-order valence-electron chi connectivity index (χ4n) is 4.44. The molecular formula is C28H56O3. The number of carboxylic acid groups (broad SMARTS) is 1. The monoisotopic (exact) mass is 440 g/mol. The Morgan fingerprint density at radius 2 is 0.806 bits per heavy atom. The second-order valence-electron chi connectivity index (χ2n) is 9.80. The van der Waals surface area contributed by atoms with E-state index in [0.717, 1.165) is 38.5 Å². The highest BCUT2D eigenvalue weighted by Crippen LogP contribution is 2.16. The lowest BCUT2D eigenvalue weighted by Crippen LogP contribution is -2.05. The normalized spacial score (nSPS) is 12.3. The average molecular weight is 441 g/mol. The molecule has 0 aromatic heterocycles. The molecule has 0 aromatic carbocycles. The molecule has 3 nitrogen and oxygen atoms in total. The molecule has 0 spiro atoms. The summed E-state index contributed by atoms with van der Waals surface area (Å²) >= 11 is 0. The Kier molecular flexibility index (Phi) is 25.2. The van der Waals surface area contributed by atoms with Crippen molar-refractivity contribution < 1.29 is 15.0 Å². The van der Waals surface area contributed by atoms with Gasteiger partial charge in [-0.3, -0.25) is 4.79 Å². The number of aliphatic carboxylic acids is 1. The molecule has 0 aromatic rings. The van der Waals surface area contributed by atoms with Crippen LogP contribution in [-0.2, 0) is 4.79 Å². The van der Waals surface area contributed by atoms with Gasteiger partial charge in [-0.2, -0.15) is 0 Å². The molecule has 0 radical (unpaired) electrons. The Morgan fingerprint density at radius 3 is 1.13 bits per heavy atom. The summed E-state index contributed by atoms with van der Waals surface area (Å²) in [4.78, 5) is 10.4. The maximum absolute atomic E-state index is 10.4. The Hall–Kier alpha value is -0.570. The molecule has 1 atom stereocenters. The number of aliphatic hydroxyl groups is 1. The van der Waals surface area contributed by atoms with Crippen molar-refractivity contribution in [2.75, 3.05) is 0 Å². The standard InChI is InChI=1S/C28H56O3/c1-2-3-4-5-6-7-8-9-10-11-12-13-14-15-18-21-24-27(29)25-22-19-16-17-20-23-26-28(30)31/h27,29H,2-26H2,1H3,(H,30,31). The van der Waals surface area contributed by atoms with Crippen LogP contribution in [0.4, 0.5) is 0 Å². The van der Waals surface area contributed by atoms with Gasteiger partial charge < -0.3 is 10.2 Å². The van der Waals surface area contributed by atoms with Crippen molar-refractivity contribution in [3.05, 3.63) is 0 Å². The first-order valence-electron chi connectivity index (χ1n) is 14.1. The molecule has 0 heterocycles. The summed E-state index contributed by atoms with van der Waals surface area (Å²) in [7, 11) is 0. The Bertz CT molecular complexity index is 356. The highest BCUT2D eigenvalue weighted by molar-refractivity contribution is 5.66. The van der Waals surface area contributed by atoms with Gasteiger partial charge >= 0.3 is 5.97 Å². The fourth-order valence-corrected chi connectivity index (χ4v) is 4.44. The van der Waals surface area contributed by atoms with Crippen LogP contribution in [0.15, 0.2) is 0 Å². The molecule has 2 N–H and O–H groups in total. The summed E-state index contributed by atoms with van der Waals surface area (Å²) < 4.78 is 0. The van der Waals surface area contributed by atoms with E-state index in [2.05, 4.69) is 6.92 Å². The number of hydrogen-bond donors (Lipinski definition) is 2. The summed E-state index contributed by atoms with van der Waals surface area (Å²) in [5, 5.41) is 18.7. The first-order chi connectivity index (χ1) is 15.2. The van der Waals surface area contributed by atoms with Gasteiger partial charge in [-0.05, 0) is 19.3 Å². The lowest BCUT2D eigenvalue weighted by Gasteiger charge is -2.10. The zero-order chi connectivity index (χ0) is 22.8. The van der Waals surface area contributed by atoms with Crippen molar-refractivity contribution in [3.63, 3.8) is 0 Å². The first-order valence-corrected chi connectivity index (χ1v) is 14.1. The van der Waals surface area contributed by atoms with E-state index in [4.69, 9.17) is 5.11 Å². The first kappa shape index (κ1) is 30.4. The van der Waals surface area contributed by atoms with E-state index in [9.17, 15) is 9.90 Å². The van der Waals surface area contributed by atoms with Crippen molar-refractivity contribution in [1.82, 2.24) is 0 Å². The van der Waals surface area contributed by atoms with Gasteiger partial charge in [0.25, 0.3) is 0 Å². The highest BCUT2D eigenvalue weighted by Gasteiger charge is 2.04. The highest BCUT2D eigenvalue weighted by atomic mass is 16.4. The van der Waals surface area contributed by atoms with Crippen LogP contribution in [0.2, 0.25) is 0 Å². The van der Waals surface area contributed by atoms with E-state index in [1.807, 2.05) is 0 Å². The van der Waals surface area contributed by atoms with Crippen molar-refractivity contribution in [2.45, 2.75) is 174 Å². The molecule has 0 rings (SSSR count). The van der Waals surface area contributed by atoms with E-state index in [-0.39, 0.29) is 6.10 Å². The minimum atomic E-state index is -0.683. The topological polar surface area (TPSA) is 57.5 Å². The molecule has 186 valence electrons. The minimum Gasteiger partial charge on any atom is -0.481 e. The van der Waals surface area contributed by atoms with Gasteiger partial charge in [0.2, 0.25) is 0 Å². The molecule has 0 aliphatic heterocycles. The third-order valence-corrected chi connectivity index (χ3v) is 6.57. The number of carbonyl (C=O) groups is 1. The predicted molar refractivity (Wildman–Crippen MR) is 135 cm³/mol. The minimum absolute atomic E-state index is 0.112. The Morgan fingerprint density at radius 1 is 0.516 bits per heavy atom. The van der Waals surface area contributed by atoms with Crippen LogP contribution in [0.25, 0.3) is 0 Å². The summed E-state index contributed by atoms with van der Waals surface area (Å²) in [5.74, 6) is -0.683. The third-order valence-electron chi connectivity index (χ3n) is 6.57. The van der Waals surface area contributed by atoms with Crippen molar-refractivity contribution in [3.8, 4) is 0 Å². The Balaban J connectivity index is 3.14. The van der Waals surface area contributed by atoms with Crippen LogP contribution in [0.5, 0.6) is 0 Å². The van der Waals surface area contributed by atoms with E-state index in [1.54, 1.807) is 0 Å². The van der Waals surface area contributed by atoms with E-state index in [0.29, 0.717) is 6.42 Å². The zero-order valence-electron chi connectivity index (χ0n) is 21.1. The Labute approximate surface area is 194 Å². The maximum Gasteiger partial charge on any atom is 0.303 e. The molecule has 0 saturated carbocycles. The van der Waals surface area contributed by atoms with Crippen LogP contribution >= 0.6 is 0 Å². The molecule has 31 heavy (non-hydrogen) atoms. The van der Waals surface area contributed by atoms with Gasteiger partial charge in [-0.1, -0.05) is 142 Å². The fraction of sp³-hybridized carbons (Fsp3) is 0.964. The van der Waals surface area contributed by atoms with Crippen LogP contribution in [0, 0.1) is 0 Å². The molecule has 0 fully saturated rings. The number of unbranched alkanes of at least 4 members (excludes halogenated alkanes) is 20. The smallest absolute Gasteiger partial charge is 0.303 e. The van der Waals surface area contributed by atoms with E-state index >= 15 is 0 Å². The van der Waals surface area contributed by atoms with Crippen molar-refractivity contribution in [1.29, 1.82) is 0 Å². The second kappa shape index (κ2) is 25.7. The molecule has 0 bridgehead atoms. The number of rotatable bonds is 26. The summed E-state index contributed by atoms with van der Waals surface area (Å²) in [6.45, 7) is 2.28. The molecule has 0 saturated heterocycles. The summed E-state index contributed by atoms with van der Waals surface area (Å²) in [5.41, 5.74) is 0. The average Bonchev–Trinajstić information content (AvgIpc) is 2.75. The molecule has 3 heteroatoms. The van der Waals surface area contributed by atoms with Gasteiger partial charge in [0.05, 0.1) is 6.10 Å². The predicted octanol–water partition coefficient (Wildman–Crippen LogP) is 9.20. The van der Waals surface area contributed by atoms with Crippen LogP contribution in [0.3, 0.4) is 0 Å². The lowest BCUT2D eigenvalue weighted by molar-refractivity contribution is -0.137. The zero-order valence-corrected chi connectivity index (χ0v) is 21.1. The van der Waals surface area contributed by atoms with Crippen LogP contribution < -0.4 is 0 Å². The molecule has 1 unspecified atom stereocenters. The van der Waals surface area contributed by atoms with Gasteiger partial charge in [-0.15, -0.1) is 0 Å². The molecule has 0 aliphatic rings. The molecule has 0 amide bonds. The second-order valence-corrected chi connectivity index (χ2v) is 9.80. The van der Waals surface area contributed by atoms with Crippen molar-refractivity contribution >= 4 is 5.97 Å². The summed E-state index contributed by atoms with van der Waals surface area (Å²) in [6, 6.07) is 0. The van der Waals surface area contributed by atoms with Gasteiger partial charge in [0, 0.05) is 6.42 Å². The third kappa shape index (κ3) is 27.4. The van der Waals surface area contributed by atoms with Crippen molar-refractivity contribution in [2.24, 2.45) is 0 Å². The number of aliphatic hydroxyl groups excluding tert-OH is 1. The SMILES string of the molecule is CCCCCCCCCCCCCCCCCCC(O)CCCCCCCCC(=O)O. The number of hydrogen-bond acceptors (Lipinski definition) is 2. The molecular weight excluding hydrogens is 384 g/mol. The number of carboxylic acids is 1. The van der Waals surface area contributed by atoms with Gasteiger partial charge in [0.1, 0.15) is 0 Å². The lowest BCUT2D eigenvalue weighted by atomic mass is 10.0. The van der Waals surface area contributed by atoms with Gasteiger partial charge in [-0.25, -0.2) is 0 Å².